The van der Waals surface area contributed by atoms with Crippen LogP contribution >= 0.6 is 0 Å². The number of nitro benzene ring substituents is 1. The lowest BCUT2D eigenvalue weighted by atomic mass is 10.2. The second kappa shape index (κ2) is 7.13. The second-order valence-corrected chi connectivity index (χ2v) is 3.85. The summed E-state index contributed by atoms with van der Waals surface area (Å²) in [6, 6.07) is 4.16. The Morgan fingerprint density at radius 3 is 2.75 bits per heavy atom. The fourth-order valence-electron chi connectivity index (χ4n) is 1.52. The van der Waals surface area contributed by atoms with Crippen LogP contribution in [0.4, 0.5) is 11.4 Å². The summed E-state index contributed by atoms with van der Waals surface area (Å²) in [5.74, 6) is -0.0471. The van der Waals surface area contributed by atoms with E-state index >= 15 is 0 Å². The predicted molar refractivity (Wildman–Crippen MR) is 73.7 cm³/mol. The summed E-state index contributed by atoms with van der Waals surface area (Å²) < 4.78 is 9.88. The lowest BCUT2D eigenvalue weighted by Gasteiger charge is -2.11. The Morgan fingerprint density at radius 1 is 1.50 bits per heavy atom. The number of anilines is 1. The zero-order valence-electron chi connectivity index (χ0n) is 11.5. The highest BCUT2D eigenvalue weighted by atomic mass is 16.6. The average molecular weight is 280 g/mol. The van der Waals surface area contributed by atoms with Gasteiger partial charge < -0.3 is 14.8 Å². The summed E-state index contributed by atoms with van der Waals surface area (Å²) in [6.45, 7) is 3.63. The summed E-state index contributed by atoms with van der Waals surface area (Å²) >= 11 is 0. The van der Waals surface area contributed by atoms with E-state index in [2.05, 4.69) is 5.32 Å². The fraction of sp³-hybridized carbons (Fsp3) is 0.308. The molecule has 0 aliphatic heterocycles. The molecular weight excluding hydrogens is 264 g/mol. The van der Waals surface area contributed by atoms with Crippen LogP contribution in [-0.4, -0.2) is 24.6 Å². The quantitative estimate of drug-likeness (QED) is 0.372. The Hall–Kier alpha value is -2.57. The summed E-state index contributed by atoms with van der Waals surface area (Å²) in [7, 11) is 1.46. The Morgan fingerprint density at radius 2 is 2.20 bits per heavy atom. The molecule has 20 heavy (non-hydrogen) atoms. The van der Waals surface area contributed by atoms with Crippen LogP contribution in [0, 0.1) is 10.1 Å². The van der Waals surface area contributed by atoms with Crippen LogP contribution in [0.3, 0.4) is 0 Å². The SMILES string of the molecule is CCOC(=O)/C=C(/C)Nc1cc([N+](=O)[O-])ccc1OC. The summed E-state index contributed by atoms with van der Waals surface area (Å²) in [5.41, 5.74) is 0.819. The first-order valence-corrected chi connectivity index (χ1v) is 5.92. The number of non-ortho nitro benzene ring substituents is 1. The number of rotatable bonds is 6. The van der Waals surface area contributed by atoms with Gasteiger partial charge in [-0.2, -0.15) is 0 Å². The highest BCUT2D eigenvalue weighted by molar-refractivity contribution is 5.83. The number of hydrogen-bond acceptors (Lipinski definition) is 6. The molecule has 1 aromatic rings. The maximum atomic E-state index is 11.3. The summed E-state index contributed by atoms with van der Waals surface area (Å²) in [5, 5.41) is 13.6. The molecule has 0 heterocycles. The van der Waals surface area contributed by atoms with Gasteiger partial charge in [0.1, 0.15) is 5.75 Å². The molecular formula is C13H16N2O5. The van der Waals surface area contributed by atoms with E-state index in [1.165, 1.54) is 31.4 Å². The Balaban J connectivity index is 2.97. The van der Waals surface area contributed by atoms with Gasteiger partial charge in [-0.25, -0.2) is 4.79 Å². The van der Waals surface area contributed by atoms with Gasteiger partial charge in [0.25, 0.3) is 5.69 Å². The maximum absolute atomic E-state index is 11.3. The minimum absolute atomic E-state index is 0.0720. The van der Waals surface area contributed by atoms with Crippen LogP contribution in [0.1, 0.15) is 13.8 Å². The fourth-order valence-corrected chi connectivity index (χ4v) is 1.52. The van der Waals surface area contributed by atoms with Gasteiger partial charge in [0.05, 0.1) is 24.3 Å². The van der Waals surface area contributed by atoms with Crippen molar-refractivity contribution >= 4 is 17.3 Å². The van der Waals surface area contributed by atoms with Crippen molar-refractivity contribution in [2.75, 3.05) is 19.0 Å². The van der Waals surface area contributed by atoms with Crippen molar-refractivity contribution < 1.29 is 19.2 Å². The molecule has 108 valence electrons. The average Bonchev–Trinajstić information content (AvgIpc) is 2.38. The molecule has 7 heteroatoms. The molecule has 1 N–H and O–H groups in total. The topological polar surface area (TPSA) is 90.7 Å². The number of ether oxygens (including phenoxy) is 2. The zero-order chi connectivity index (χ0) is 15.1. The Labute approximate surface area is 116 Å². The van der Waals surface area contributed by atoms with Crippen molar-refractivity contribution in [3.63, 3.8) is 0 Å². The number of esters is 1. The summed E-state index contributed by atoms with van der Waals surface area (Å²) in [4.78, 5) is 21.5. The monoisotopic (exact) mass is 280 g/mol. The number of nitrogens with one attached hydrogen (secondary N) is 1. The number of nitrogens with zero attached hydrogens (tertiary/aromatic N) is 1. The molecule has 0 radical (unpaired) electrons. The number of methoxy groups -OCH3 is 1. The Kier molecular flexibility index (Phi) is 5.52. The molecule has 1 aromatic carbocycles. The third kappa shape index (κ3) is 4.27. The number of allylic oxidation sites excluding steroid dienone is 1. The number of benzene rings is 1. The molecule has 0 aliphatic rings. The predicted octanol–water partition coefficient (Wildman–Crippen LogP) is 2.48. The number of carbonyl (C=O) groups is 1. The lowest BCUT2D eigenvalue weighted by molar-refractivity contribution is -0.384. The molecule has 0 aliphatic carbocycles. The van der Waals surface area contributed by atoms with Crippen LogP contribution in [0.25, 0.3) is 0 Å². The normalized spacial score (nSPS) is 10.8. The van der Waals surface area contributed by atoms with E-state index in [0.717, 1.165) is 0 Å². The van der Waals surface area contributed by atoms with Crippen LogP contribution in [0.2, 0.25) is 0 Å². The standard InChI is InChI=1S/C13H16N2O5/c1-4-20-13(16)7-9(2)14-11-8-10(15(17)18)5-6-12(11)19-3/h5-8,14H,4H2,1-3H3/b9-7-. The molecule has 0 bridgehead atoms. The Bertz CT molecular complexity index is 540. The van der Waals surface area contributed by atoms with Crippen molar-refractivity contribution in [3.8, 4) is 5.75 Å². The number of carbonyl (C=O) groups excluding carboxylic acids is 1. The van der Waals surface area contributed by atoms with E-state index in [1.807, 2.05) is 0 Å². The van der Waals surface area contributed by atoms with Crippen molar-refractivity contribution in [2.45, 2.75) is 13.8 Å². The molecule has 7 nitrogen and oxygen atoms in total. The van der Waals surface area contributed by atoms with Gasteiger partial charge in [0, 0.05) is 23.9 Å². The van der Waals surface area contributed by atoms with Crippen molar-refractivity contribution in [3.05, 3.63) is 40.1 Å². The largest absolute Gasteiger partial charge is 0.495 e. The van der Waals surface area contributed by atoms with Crippen LogP contribution in [-0.2, 0) is 9.53 Å². The first kappa shape index (κ1) is 15.5. The number of nitro groups is 1. The van der Waals surface area contributed by atoms with Crippen molar-refractivity contribution in [1.29, 1.82) is 0 Å². The molecule has 0 aromatic heterocycles. The van der Waals surface area contributed by atoms with Crippen LogP contribution in [0.15, 0.2) is 30.0 Å². The molecule has 0 saturated carbocycles. The minimum Gasteiger partial charge on any atom is -0.495 e. The molecule has 0 fully saturated rings. The molecule has 1 rings (SSSR count). The highest BCUT2D eigenvalue weighted by Gasteiger charge is 2.11. The first-order valence-electron chi connectivity index (χ1n) is 5.92. The highest BCUT2D eigenvalue weighted by Crippen LogP contribution is 2.29. The minimum atomic E-state index is -0.505. The van der Waals surface area contributed by atoms with Gasteiger partial charge in [0.15, 0.2) is 0 Å². The van der Waals surface area contributed by atoms with E-state index in [9.17, 15) is 14.9 Å². The van der Waals surface area contributed by atoms with Gasteiger partial charge in [-0.1, -0.05) is 0 Å². The van der Waals surface area contributed by atoms with E-state index in [0.29, 0.717) is 17.1 Å². The van der Waals surface area contributed by atoms with Crippen LogP contribution in [0.5, 0.6) is 5.75 Å². The van der Waals surface area contributed by atoms with Crippen molar-refractivity contribution in [1.82, 2.24) is 0 Å². The van der Waals surface area contributed by atoms with E-state index in [1.54, 1.807) is 13.8 Å². The molecule has 0 unspecified atom stereocenters. The van der Waals surface area contributed by atoms with Crippen LogP contribution < -0.4 is 10.1 Å². The van der Waals surface area contributed by atoms with Gasteiger partial charge >= 0.3 is 5.97 Å². The maximum Gasteiger partial charge on any atom is 0.332 e. The molecule has 0 spiro atoms. The van der Waals surface area contributed by atoms with E-state index in [-0.39, 0.29) is 12.3 Å². The molecule has 0 atom stereocenters. The third-order valence-electron chi connectivity index (χ3n) is 2.35. The van der Waals surface area contributed by atoms with Gasteiger partial charge in [0.2, 0.25) is 0 Å². The third-order valence-corrected chi connectivity index (χ3v) is 2.35. The van der Waals surface area contributed by atoms with Gasteiger partial charge in [-0.3, -0.25) is 10.1 Å². The summed E-state index contributed by atoms with van der Waals surface area (Å²) in [6.07, 6.45) is 1.27. The molecule has 0 saturated heterocycles. The van der Waals surface area contributed by atoms with Gasteiger partial charge in [-0.05, 0) is 19.9 Å². The van der Waals surface area contributed by atoms with E-state index in [4.69, 9.17) is 9.47 Å². The van der Waals surface area contributed by atoms with E-state index < -0.39 is 10.9 Å². The smallest absolute Gasteiger partial charge is 0.332 e. The number of hydrogen-bond donors (Lipinski definition) is 1. The van der Waals surface area contributed by atoms with Crippen molar-refractivity contribution in [2.24, 2.45) is 0 Å². The first-order chi connectivity index (χ1) is 9.47. The zero-order valence-corrected chi connectivity index (χ0v) is 11.5. The molecule has 0 amide bonds. The lowest BCUT2D eigenvalue weighted by Crippen LogP contribution is -2.05. The van der Waals surface area contributed by atoms with Gasteiger partial charge in [-0.15, -0.1) is 0 Å². The second-order valence-electron chi connectivity index (χ2n) is 3.85.